The van der Waals surface area contributed by atoms with Crippen molar-refractivity contribution in [2.75, 3.05) is 26.2 Å². The Morgan fingerprint density at radius 2 is 2.20 bits per heavy atom. The number of amides is 1. The lowest BCUT2D eigenvalue weighted by Gasteiger charge is -2.14. The van der Waals surface area contributed by atoms with Crippen LogP contribution in [0.4, 0.5) is 0 Å². The highest BCUT2D eigenvalue weighted by molar-refractivity contribution is 5.95. The van der Waals surface area contributed by atoms with Crippen LogP contribution in [0.5, 0.6) is 5.75 Å². The molecule has 1 aliphatic heterocycles. The molecule has 0 aliphatic carbocycles. The van der Waals surface area contributed by atoms with Crippen LogP contribution in [0.25, 0.3) is 5.69 Å². The third-order valence-corrected chi connectivity index (χ3v) is 4.01. The second-order valence-electron chi connectivity index (χ2n) is 5.97. The fraction of sp³-hybridized carbons (Fsp3) is 0.368. The molecule has 0 unspecified atom stereocenters. The molecule has 132 valence electrons. The summed E-state index contributed by atoms with van der Waals surface area (Å²) < 4.78 is 7.42. The summed E-state index contributed by atoms with van der Waals surface area (Å²) in [6, 6.07) is 9.71. The zero-order valence-corrected chi connectivity index (χ0v) is 14.5. The first-order valence-electron chi connectivity index (χ1n) is 8.72. The predicted molar refractivity (Wildman–Crippen MR) is 97.3 cm³/mol. The molecule has 0 bridgehead atoms. The minimum absolute atomic E-state index is 0.208. The summed E-state index contributed by atoms with van der Waals surface area (Å²) in [5.41, 5.74) is 2.46. The Bertz CT molecular complexity index is 737. The van der Waals surface area contributed by atoms with Crippen LogP contribution in [-0.4, -0.2) is 41.9 Å². The smallest absolute Gasteiger partial charge is 0.275 e. The van der Waals surface area contributed by atoms with Gasteiger partial charge in [-0.05, 0) is 31.5 Å². The quantitative estimate of drug-likeness (QED) is 0.759. The first kappa shape index (κ1) is 17.2. The van der Waals surface area contributed by atoms with Crippen molar-refractivity contribution in [1.82, 2.24) is 20.4 Å². The third kappa shape index (κ3) is 4.48. The van der Waals surface area contributed by atoms with Crippen LogP contribution in [-0.2, 0) is 0 Å². The van der Waals surface area contributed by atoms with Gasteiger partial charge in [-0.25, -0.2) is 4.68 Å². The standard InChI is InChI=1S/C19H24N4O2/c1-2-12-25-17-14-23(16-6-4-3-5-7-16)22-18(17)19(24)21-13-15-8-10-20-11-9-15/h3-8,14,20H,2,9-13H2,1H3,(H,21,24). The van der Waals surface area contributed by atoms with E-state index < -0.39 is 0 Å². The molecule has 0 radical (unpaired) electrons. The molecule has 3 rings (SSSR count). The van der Waals surface area contributed by atoms with Gasteiger partial charge < -0.3 is 15.4 Å². The van der Waals surface area contributed by atoms with Crippen molar-refractivity contribution >= 4 is 5.91 Å². The topological polar surface area (TPSA) is 68.2 Å². The van der Waals surface area contributed by atoms with Gasteiger partial charge in [0.1, 0.15) is 0 Å². The Hall–Kier alpha value is -2.60. The van der Waals surface area contributed by atoms with E-state index >= 15 is 0 Å². The van der Waals surface area contributed by atoms with Gasteiger partial charge in [0.15, 0.2) is 11.4 Å². The molecule has 6 nitrogen and oxygen atoms in total. The molecule has 0 atom stereocenters. The molecule has 1 amide bonds. The van der Waals surface area contributed by atoms with E-state index in [9.17, 15) is 4.79 Å². The van der Waals surface area contributed by atoms with Crippen LogP contribution in [0.3, 0.4) is 0 Å². The number of benzene rings is 1. The van der Waals surface area contributed by atoms with Crippen molar-refractivity contribution < 1.29 is 9.53 Å². The van der Waals surface area contributed by atoms with Crippen molar-refractivity contribution in [2.45, 2.75) is 19.8 Å². The van der Waals surface area contributed by atoms with Gasteiger partial charge in [0.2, 0.25) is 0 Å². The summed E-state index contributed by atoms with van der Waals surface area (Å²) >= 11 is 0. The third-order valence-electron chi connectivity index (χ3n) is 4.01. The second-order valence-corrected chi connectivity index (χ2v) is 5.97. The molecule has 2 aromatic rings. The summed E-state index contributed by atoms with van der Waals surface area (Å²) in [7, 11) is 0. The lowest BCUT2D eigenvalue weighted by molar-refractivity contribution is 0.0947. The van der Waals surface area contributed by atoms with Gasteiger partial charge in [-0.15, -0.1) is 0 Å². The Kier molecular flexibility index (Phi) is 5.85. The van der Waals surface area contributed by atoms with E-state index in [1.54, 1.807) is 10.9 Å². The summed E-state index contributed by atoms with van der Waals surface area (Å²) in [6.07, 6.45) is 5.72. The number of carbonyl (C=O) groups is 1. The molecular formula is C19H24N4O2. The average molecular weight is 340 g/mol. The first-order valence-corrected chi connectivity index (χ1v) is 8.72. The molecular weight excluding hydrogens is 316 g/mol. The maximum Gasteiger partial charge on any atom is 0.275 e. The monoisotopic (exact) mass is 340 g/mol. The zero-order chi connectivity index (χ0) is 17.5. The number of rotatable bonds is 7. The van der Waals surface area contributed by atoms with Crippen molar-refractivity contribution in [3.05, 3.63) is 53.9 Å². The van der Waals surface area contributed by atoms with Crippen molar-refractivity contribution in [3.8, 4) is 11.4 Å². The number of nitrogens with zero attached hydrogens (tertiary/aromatic N) is 2. The Morgan fingerprint density at radius 1 is 1.36 bits per heavy atom. The summed E-state index contributed by atoms with van der Waals surface area (Å²) in [5.74, 6) is 0.308. The molecule has 0 fully saturated rings. The molecule has 1 aliphatic rings. The Morgan fingerprint density at radius 3 is 2.92 bits per heavy atom. The van der Waals surface area contributed by atoms with Crippen LogP contribution in [0, 0.1) is 0 Å². The van der Waals surface area contributed by atoms with Gasteiger partial charge in [-0.3, -0.25) is 4.79 Å². The highest BCUT2D eigenvalue weighted by atomic mass is 16.5. The summed E-state index contributed by atoms with van der Waals surface area (Å²) in [5, 5.41) is 10.7. The Labute approximate surface area is 147 Å². The number of aromatic nitrogens is 2. The van der Waals surface area contributed by atoms with E-state index in [4.69, 9.17) is 4.74 Å². The number of ether oxygens (including phenoxy) is 1. The normalized spacial score (nSPS) is 14.0. The minimum Gasteiger partial charge on any atom is -0.489 e. The molecule has 0 saturated heterocycles. The highest BCUT2D eigenvalue weighted by Crippen LogP contribution is 2.20. The average Bonchev–Trinajstić information content (AvgIpc) is 3.10. The lowest BCUT2D eigenvalue weighted by Crippen LogP contribution is -2.30. The molecule has 2 N–H and O–H groups in total. The summed E-state index contributed by atoms with van der Waals surface area (Å²) in [6.45, 7) is 4.95. The first-order chi connectivity index (χ1) is 12.3. The molecule has 0 spiro atoms. The van der Waals surface area contributed by atoms with Gasteiger partial charge in [-0.2, -0.15) is 5.10 Å². The van der Waals surface area contributed by atoms with Crippen LogP contribution in [0.15, 0.2) is 48.2 Å². The number of para-hydroxylation sites is 1. The van der Waals surface area contributed by atoms with E-state index in [1.807, 2.05) is 37.3 Å². The van der Waals surface area contributed by atoms with E-state index in [-0.39, 0.29) is 5.91 Å². The fourth-order valence-electron chi connectivity index (χ4n) is 2.65. The van der Waals surface area contributed by atoms with Crippen LogP contribution < -0.4 is 15.4 Å². The van der Waals surface area contributed by atoms with Gasteiger partial charge in [-0.1, -0.05) is 36.8 Å². The van der Waals surface area contributed by atoms with Crippen molar-refractivity contribution in [3.63, 3.8) is 0 Å². The number of hydrogen-bond donors (Lipinski definition) is 2. The second kappa shape index (κ2) is 8.48. The van der Waals surface area contributed by atoms with Gasteiger partial charge in [0.05, 0.1) is 18.5 Å². The zero-order valence-electron chi connectivity index (χ0n) is 14.5. The maximum atomic E-state index is 12.6. The van der Waals surface area contributed by atoms with Gasteiger partial charge >= 0.3 is 0 Å². The minimum atomic E-state index is -0.208. The SMILES string of the molecule is CCCOc1cn(-c2ccccc2)nc1C(=O)NCC1=CCNCC1. The van der Waals surface area contributed by atoms with Gasteiger partial charge in [0.25, 0.3) is 5.91 Å². The molecule has 0 saturated carbocycles. The van der Waals surface area contributed by atoms with Gasteiger partial charge in [0, 0.05) is 13.1 Å². The summed E-state index contributed by atoms with van der Waals surface area (Å²) in [4.78, 5) is 12.6. The van der Waals surface area contributed by atoms with Crippen LogP contribution >= 0.6 is 0 Å². The molecule has 25 heavy (non-hydrogen) atoms. The fourth-order valence-corrected chi connectivity index (χ4v) is 2.65. The molecule has 1 aromatic heterocycles. The van der Waals surface area contributed by atoms with E-state index in [2.05, 4.69) is 21.8 Å². The largest absolute Gasteiger partial charge is 0.489 e. The Balaban J connectivity index is 1.76. The van der Waals surface area contributed by atoms with E-state index in [1.165, 1.54) is 5.57 Å². The number of nitrogens with one attached hydrogen (secondary N) is 2. The highest BCUT2D eigenvalue weighted by Gasteiger charge is 2.19. The predicted octanol–water partition coefficient (Wildman–Crippen LogP) is 2.31. The molecule has 1 aromatic carbocycles. The lowest BCUT2D eigenvalue weighted by atomic mass is 10.1. The van der Waals surface area contributed by atoms with Crippen LogP contribution in [0.2, 0.25) is 0 Å². The number of hydrogen-bond acceptors (Lipinski definition) is 4. The maximum absolute atomic E-state index is 12.6. The van der Waals surface area contributed by atoms with Crippen LogP contribution in [0.1, 0.15) is 30.3 Å². The molecule has 6 heteroatoms. The van der Waals surface area contributed by atoms with E-state index in [0.717, 1.165) is 31.6 Å². The van der Waals surface area contributed by atoms with E-state index in [0.29, 0.717) is 24.6 Å². The van der Waals surface area contributed by atoms with Crippen molar-refractivity contribution in [1.29, 1.82) is 0 Å². The molecule has 2 heterocycles. The van der Waals surface area contributed by atoms with Crippen molar-refractivity contribution in [2.24, 2.45) is 0 Å². The number of carbonyl (C=O) groups excluding carboxylic acids is 1.